The smallest absolute Gasteiger partial charge is 0.0973 e. The van der Waals surface area contributed by atoms with E-state index in [9.17, 15) is 0 Å². The van der Waals surface area contributed by atoms with Gasteiger partial charge < -0.3 is 11.5 Å². The largest absolute Gasteiger partial charge is 0.399 e. The van der Waals surface area contributed by atoms with Crippen LogP contribution in [0.15, 0.2) is 182 Å². The second kappa shape index (κ2) is 13.4. The van der Waals surface area contributed by atoms with Crippen LogP contribution < -0.4 is 11.5 Å². The molecule has 0 aliphatic carbocycles. The first-order valence-corrected chi connectivity index (χ1v) is 16.7. The third-order valence-corrected chi connectivity index (χ3v) is 9.00. The summed E-state index contributed by atoms with van der Waals surface area (Å²) in [5.41, 5.74) is 27.8. The van der Waals surface area contributed by atoms with Gasteiger partial charge in [-0.25, -0.2) is 9.97 Å². The average Bonchev–Trinajstić information content (AvgIpc) is 3.19. The molecule has 7 aromatic carbocycles. The Balaban J connectivity index is 1.20. The quantitative estimate of drug-likeness (QED) is 0.170. The van der Waals surface area contributed by atoms with Gasteiger partial charge in [-0.2, -0.15) is 0 Å². The fraction of sp³-hybridized carbons (Fsp3) is 0. The highest BCUT2D eigenvalue weighted by atomic mass is 14.9. The van der Waals surface area contributed by atoms with E-state index in [0.29, 0.717) is 0 Å². The van der Waals surface area contributed by atoms with E-state index in [0.717, 1.165) is 89.8 Å². The van der Waals surface area contributed by atoms with Gasteiger partial charge in [-0.15, -0.1) is 0 Å². The lowest BCUT2D eigenvalue weighted by Crippen LogP contribution is -2.00. The van der Waals surface area contributed by atoms with Gasteiger partial charge in [-0.05, 0) is 58.1 Å². The van der Waals surface area contributed by atoms with Gasteiger partial charge in [0.1, 0.15) is 0 Å². The van der Waals surface area contributed by atoms with Gasteiger partial charge in [0.05, 0.1) is 22.8 Å². The van der Waals surface area contributed by atoms with Crippen molar-refractivity contribution in [3.05, 3.63) is 182 Å². The summed E-state index contributed by atoms with van der Waals surface area (Å²) in [6, 6.07) is 62.1. The van der Waals surface area contributed by atoms with Crippen LogP contribution in [0, 0.1) is 0 Å². The standard InChI is InChI=1S/C46H34N4/c47-40-26-23-32(24-27-40)38-25-28-42(48)41(30-38)39-18-10-17-37(29-39)31-19-21-36(22-20-31)46-45(35-15-8-3-9-16-35)49-43(33-11-4-1-5-12-33)44(50-46)34-13-6-2-7-14-34/h1-30H,47-48H2. The predicted octanol–water partition coefficient (Wildman–Crippen LogP) is 11.3. The van der Waals surface area contributed by atoms with Gasteiger partial charge in [0.2, 0.25) is 0 Å². The number of anilines is 2. The van der Waals surface area contributed by atoms with E-state index in [-0.39, 0.29) is 0 Å². The highest BCUT2D eigenvalue weighted by Gasteiger charge is 2.19. The minimum absolute atomic E-state index is 0.733. The van der Waals surface area contributed by atoms with Crippen LogP contribution in [0.3, 0.4) is 0 Å². The first-order chi connectivity index (χ1) is 24.6. The van der Waals surface area contributed by atoms with E-state index in [1.54, 1.807) is 0 Å². The Morgan fingerprint density at radius 2 is 0.640 bits per heavy atom. The Morgan fingerprint density at radius 1 is 0.280 bits per heavy atom. The molecule has 238 valence electrons. The van der Waals surface area contributed by atoms with Crippen LogP contribution in [-0.2, 0) is 0 Å². The zero-order valence-corrected chi connectivity index (χ0v) is 27.4. The van der Waals surface area contributed by atoms with Crippen LogP contribution >= 0.6 is 0 Å². The molecule has 0 aliphatic heterocycles. The van der Waals surface area contributed by atoms with Crippen molar-refractivity contribution in [1.82, 2.24) is 9.97 Å². The van der Waals surface area contributed by atoms with Gasteiger partial charge >= 0.3 is 0 Å². The summed E-state index contributed by atoms with van der Waals surface area (Å²) in [7, 11) is 0. The van der Waals surface area contributed by atoms with Crippen LogP contribution in [0.5, 0.6) is 0 Å². The lowest BCUT2D eigenvalue weighted by Gasteiger charge is -2.16. The maximum atomic E-state index is 6.53. The lowest BCUT2D eigenvalue weighted by atomic mass is 9.94. The summed E-state index contributed by atoms with van der Waals surface area (Å²) in [5.74, 6) is 0. The molecule has 0 spiro atoms. The molecule has 4 heteroatoms. The van der Waals surface area contributed by atoms with Crippen molar-refractivity contribution in [2.45, 2.75) is 0 Å². The second-order valence-electron chi connectivity index (χ2n) is 12.3. The molecule has 0 amide bonds. The van der Waals surface area contributed by atoms with Crippen molar-refractivity contribution in [1.29, 1.82) is 0 Å². The fourth-order valence-corrected chi connectivity index (χ4v) is 6.38. The summed E-state index contributed by atoms with van der Waals surface area (Å²) in [6.07, 6.45) is 0. The third-order valence-electron chi connectivity index (χ3n) is 9.00. The number of nitrogen functional groups attached to an aromatic ring is 2. The van der Waals surface area contributed by atoms with Crippen LogP contribution in [0.4, 0.5) is 11.4 Å². The number of hydrogen-bond acceptors (Lipinski definition) is 4. The Kier molecular flexibility index (Phi) is 8.17. The van der Waals surface area contributed by atoms with Crippen LogP contribution in [0.25, 0.3) is 78.4 Å². The lowest BCUT2D eigenvalue weighted by molar-refractivity contribution is 1.21. The van der Waals surface area contributed by atoms with Gasteiger partial charge in [-0.3, -0.25) is 0 Å². The van der Waals surface area contributed by atoms with Gasteiger partial charge in [-0.1, -0.05) is 152 Å². The van der Waals surface area contributed by atoms with Gasteiger partial charge in [0.25, 0.3) is 0 Å². The SMILES string of the molecule is Nc1ccc(-c2ccc(N)c(-c3cccc(-c4ccc(-c5nc(-c6ccccc6)c(-c6ccccc6)nc5-c5ccccc5)cc4)c3)c2)cc1. The van der Waals surface area contributed by atoms with Crippen LogP contribution in [0.1, 0.15) is 0 Å². The Hall–Kier alpha value is -6.78. The minimum atomic E-state index is 0.733. The van der Waals surface area contributed by atoms with Crippen molar-refractivity contribution in [3.8, 4) is 78.4 Å². The third kappa shape index (κ3) is 6.14. The van der Waals surface area contributed by atoms with E-state index in [1.165, 1.54) is 0 Å². The molecule has 1 aromatic heterocycles. The fourth-order valence-electron chi connectivity index (χ4n) is 6.38. The first kappa shape index (κ1) is 30.5. The molecule has 0 atom stereocenters. The monoisotopic (exact) mass is 642 g/mol. The molecule has 0 fully saturated rings. The van der Waals surface area contributed by atoms with Gasteiger partial charge in [0.15, 0.2) is 0 Å². The molecule has 0 bridgehead atoms. The molecular formula is C46H34N4. The van der Waals surface area contributed by atoms with E-state index in [2.05, 4.69) is 97.1 Å². The zero-order valence-electron chi connectivity index (χ0n) is 27.4. The molecule has 0 unspecified atom stereocenters. The van der Waals surface area contributed by atoms with Crippen molar-refractivity contribution >= 4 is 11.4 Å². The number of rotatable bonds is 7. The Labute approximate surface area is 292 Å². The summed E-state index contributed by atoms with van der Waals surface area (Å²) in [4.78, 5) is 10.7. The van der Waals surface area contributed by atoms with Gasteiger partial charge in [0, 0.05) is 39.2 Å². The number of hydrogen-bond donors (Lipinski definition) is 2. The topological polar surface area (TPSA) is 77.8 Å². The van der Waals surface area contributed by atoms with E-state index in [4.69, 9.17) is 21.4 Å². The number of nitrogens with zero attached hydrogens (tertiary/aromatic N) is 2. The summed E-state index contributed by atoms with van der Waals surface area (Å²) in [5, 5.41) is 0. The molecule has 0 radical (unpaired) electrons. The Morgan fingerprint density at radius 3 is 1.14 bits per heavy atom. The molecule has 4 N–H and O–H groups in total. The molecule has 8 rings (SSSR count). The number of aromatic nitrogens is 2. The van der Waals surface area contributed by atoms with Crippen LogP contribution in [-0.4, -0.2) is 9.97 Å². The normalized spacial score (nSPS) is 11.0. The van der Waals surface area contributed by atoms with Crippen molar-refractivity contribution in [3.63, 3.8) is 0 Å². The molecule has 0 saturated carbocycles. The zero-order chi connectivity index (χ0) is 33.9. The summed E-state index contributed by atoms with van der Waals surface area (Å²) in [6.45, 7) is 0. The average molecular weight is 643 g/mol. The van der Waals surface area contributed by atoms with E-state index < -0.39 is 0 Å². The number of nitrogens with two attached hydrogens (primary N) is 2. The number of benzene rings is 7. The van der Waals surface area contributed by atoms with Crippen LogP contribution in [0.2, 0.25) is 0 Å². The molecule has 8 aromatic rings. The molecule has 4 nitrogen and oxygen atoms in total. The molecule has 1 heterocycles. The van der Waals surface area contributed by atoms with Crippen molar-refractivity contribution in [2.75, 3.05) is 11.5 Å². The Bertz CT molecular complexity index is 2400. The second-order valence-corrected chi connectivity index (χ2v) is 12.3. The molecular weight excluding hydrogens is 609 g/mol. The summed E-state index contributed by atoms with van der Waals surface area (Å²) >= 11 is 0. The summed E-state index contributed by atoms with van der Waals surface area (Å²) < 4.78 is 0. The van der Waals surface area contributed by atoms with Crippen molar-refractivity contribution < 1.29 is 0 Å². The molecule has 50 heavy (non-hydrogen) atoms. The highest BCUT2D eigenvalue weighted by Crippen LogP contribution is 2.38. The molecule has 0 aliphatic rings. The predicted molar refractivity (Wildman–Crippen MR) is 209 cm³/mol. The van der Waals surface area contributed by atoms with E-state index >= 15 is 0 Å². The maximum absolute atomic E-state index is 6.53. The maximum Gasteiger partial charge on any atom is 0.0973 e. The minimum Gasteiger partial charge on any atom is -0.399 e. The first-order valence-electron chi connectivity index (χ1n) is 16.7. The molecule has 0 saturated heterocycles. The van der Waals surface area contributed by atoms with E-state index in [1.807, 2.05) is 84.9 Å². The van der Waals surface area contributed by atoms with Crippen molar-refractivity contribution in [2.24, 2.45) is 0 Å². The highest BCUT2D eigenvalue weighted by molar-refractivity contribution is 5.88.